The lowest BCUT2D eigenvalue weighted by Gasteiger charge is -2.18. The van der Waals surface area contributed by atoms with Gasteiger partial charge in [0.1, 0.15) is 11.5 Å². The number of hydrogen-bond acceptors (Lipinski definition) is 5. The third kappa shape index (κ3) is 4.34. The zero-order valence-corrected chi connectivity index (χ0v) is 17.0. The van der Waals surface area contributed by atoms with Crippen LogP contribution in [0.2, 0.25) is 0 Å². The Bertz CT molecular complexity index is 783. The van der Waals surface area contributed by atoms with Crippen LogP contribution >= 0.6 is 22.7 Å². The monoisotopic (exact) mass is 393 g/mol. The van der Waals surface area contributed by atoms with Gasteiger partial charge in [0.05, 0.1) is 24.6 Å². The summed E-state index contributed by atoms with van der Waals surface area (Å²) in [5.74, 6) is 0.180. The minimum atomic E-state index is -0.355. The van der Waals surface area contributed by atoms with Crippen LogP contribution in [0, 0.1) is 5.92 Å². The number of amides is 1. The molecule has 1 aliphatic carbocycles. The van der Waals surface area contributed by atoms with Crippen molar-refractivity contribution in [3.63, 3.8) is 0 Å². The van der Waals surface area contributed by atoms with Crippen LogP contribution in [0.5, 0.6) is 0 Å². The van der Waals surface area contributed by atoms with Gasteiger partial charge >= 0.3 is 5.97 Å². The normalized spacial score (nSPS) is 17.4. The van der Waals surface area contributed by atoms with Gasteiger partial charge in [-0.1, -0.05) is 13.0 Å². The number of methoxy groups -OCH3 is 1. The number of quaternary nitrogens is 1. The number of carbonyl (C=O) groups excluding carboxylic acids is 2. The molecule has 1 amide bonds. The maximum Gasteiger partial charge on any atom is 0.341 e. The number of anilines is 1. The van der Waals surface area contributed by atoms with Gasteiger partial charge in [-0.05, 0) is 42.2 Å². The van der Waals surface area contributed by atoms with Crippen molar-refractivity contribution in [3.05, 3.63) is 38.4 Å². The Kier molecular flexibility index (Phi) is 6.11. The standard InChI is InChI=1S/C19H24N2O3S2/c1-12-6-7-14-15(9-12)26-18(17(14)19(23)24-3)20-16(22)11-21(2)10-13-5-4-8-25-13/h4-5,8,12H,6-7,9-11H2,1-3H3,(H,20,22)/p+1/t12-/m1/s1. The molecular formula is C19H25N2O3S2+. The summed E-state index contributed by atoms with van der Waals surface area (Å²) in [4.78, 5) is 28.4. The summed E-state index contributed by atoms with van der Waals surface area (Å²) in [6, 6.07) is 4.10. The second-order valence-electron chi connectivity index (χ2n) is 6.99. The van der Waals surface area contributed by atoms with Crippen molar-refractivity contribution in [2.24, 2.45) is 5.92 Å². The number of fused-ring (bicyclic) bond motifs is 1. The highest BCUT2D eigenvalue weighted by molar-refractivity contribution is 7.17. The lowest BCUT2D eigenvalue weighted by atomic mass is 9.88. The Morgan fingerprint density at radius 1 is 1.42 bits per heavy atom. The summed E-state index contributed by atoms with van der Waals surface area (Å²) in [5.41, 5.74) is 1.62. The van der Waals surface area contributed by atoms with E-state index in [-0.39, 0.29) is 11.9 Å². The number of esters is 1. The molecule has 3 rings (SSSR count). The molecule has 7 heteroatoms. The fraction of sp³-hybridized carbons (Fsp3) is 0.474. The smallest absolute Gasteiger partial charge is 0.341 e. The van der Waals surface area contributed by atoms with Gasteiger partial charge in [-0.15, -0.1) is 22.7 Å². The van der Waals surface area contributed by atoms with Crippen LogP contribution in [0.4, 0.5) is 5.00 Å². The number of hydrogen-bond donors (Lipinski definition) is 2. The second kappa shape index (κ2) is 8.33. The second-order valence-corrected chi connectivity index (χ2v) is 9.12. The molecule has 2 heterocycles. The lowest BCUT2D eigenvalue weighted by Crippen LogP contribution is -3.08. The van der Waals surface area contributed by atoms with E-state index in [9.17, 15) is 9.59 Å². The SMILES string of the molecule is COC(=O)c1c(NC(=O)C[NH+](C)Cc2cccs2)sc2c1CC[C@@H](C)C2. The Labute approximate surface area is 162 Å². The third-order valence-electron chi connectivity index (χ3n) is 4.67. The minimum Gasteiger partial charge on any atom is -0.465 e. The zero-order valence-electron chi connectivity index (χ0n) is 15.4. The van der Waals surface area contributed by atoms with Crippen molar-refractivity contribution < 1.29 is 19.2 Å². The first-order valence-corrected chi connectivity index (χ1v) is 10.5. The average Bonchev–Trinajstić information content (AvgIpc) is 3.20. The van der Waals surface area contributed by atoms with Gasteiger partial charge in [-0.2, -0.15) is 0 Å². The van der Waals surface area contributed by atoms with Gasteiger partial charge in [0.25, 0.3) is 5.91 Å². The van der Waals surface area contributed by atoms with E-state index >= 15 is 0 Å². The van der Waals surface area contributed by atoms with Crippen molar-refractivity contribution in [3.8, 4) is 0 Å². The summed E-state index contributed by atoms with van der Waals surface area (Å²) in [5, 5.41) is 5.66. The number of likely N-dealkylation sites (N-methyl/N-ethyl adjacent to an activating group) is 1. The highest BCUT2D eigenvalue weighted by Crippen LogP contribution is 2.39. The summed E-state index contributed by atoms with van der Waals surface area (Å²) in [7, 11) is 3.39. The number of carbonyl (C=O) groups is 2. The topological polar surface area (TPSA) is 59.8 Å². The molecule has 1 unspecified atom stereocenters. The van der Waals surface area contributed by atoms with Crippen molar-refractivity contribution in [2.45, 2.75) is 32.7 Å². The summed E-state index contributed by atoms with van der Waals surface area (Å²) in [6.07, 6.45) is 2.90. The van der Waals surface area contributed by atoms with Crippen LogP contribution in [0.25, 0.3) is 0 Å². The van der Waals surface area contributed by atoms with Gasteiger partial charge in [-0.25, -0.2) is 4.79 Å². The summed E-state index contributed by atoms with van der Waals surface area (Å²) in [6.45, 7) is 3.40. The van der Waals surface area contributed by atoms with Crippen LogP contribution in [0.15, 0.2) is 17.5 Å². The van der Waals surface area contributed by atoms with E-state index < -0.39 is 0 Å². The Morgan fingerprint density at radius 3 is 2.92 bits per heavy atom. The van der Waals surface area contributed by atoms with Crippen LogP contribution in [-0.2, 0) is 28.9 Å². The molecule has 0 fully saturated rings. The largest absolute Gasteiger partial charge is 0.465 e. The first kappa shape index (κ1) is 19.1. The average molecular weight is 394 g/mol. The molecule has 0 radical (unpaired) electrons. The van der Waals surface area contributed by atoms with E-state index in [2.05, 4.69) is 18.3 Å². The first-order chi connectivity index (χ1) is 12.5. The van der Waals surface area contributed by atoms with Crippen molar-refractivity contribution >= 4 is 39.6 Å². The molecule has 1 aliphatic rings. The third-order valence-corrected chi connectivity index (χ3v) is 6.72. The van der Waals surface area contributed by atoms with Crippen molar-refractivity contribution in [1.82, 2.24) is 0 Å². The van der Waals surface area contributed by atoms with E-state index in [0.717, 1.165) is 36.3 Å². The van der Waals surface area contributed by atoms with E-state index in [4.69, 9.17) is 4.74 Å². The van der Waals surface area contributed by atoms with Gasteiger partial charge in [0.2, 0.25) is 0 Å². The van der Waals surface area contributed by atoms with Gasteiger partial charge in [-0.3, -0.25) is 4.79 Å². The van der Waals surface area contributed by atoms with E-state index in [0.29, 0.717) is 23.0 Å². The fourth-order valence-electron chi connectivity index (χ4n) is 3.37. The van der Waals surface area contributed by atoms with Gasteiger partial charge < -0.3 is 15.0 Å². The highest BCUT2D eigenvalue weighted by Gasteiger charge is 2.29. The summed E-state index contributed by atoms with van der Waals surface area (Å²) < 4.78 is 4.97. The highest BCUT2D eigenvalue weighted by atomic mass is 32.1. The number of ether oxygens (including phenoxy) is 1. The number of rotatable bonds is 6. The first-order valence-electron chi connectivity index (χ1n) is 8.84. The van der Waals surface area contributed by atoms with Crippen molar-refractivity contribution in [2.75, 3.05) is 26.0 Å². The number of nitrogens with one attached hydrogen (secondary N) is 2. The maximum absolute atomic E-state index is 12.5. The zero-order chi connectivity index (χ0) is 18.7. The van der Waals surface area contributed by atoms with E-state index in [1.54, 1.807) is 11.3 Å². The van der Waals surface area contributed by atoms with E-state index in [1.165, 1.54) is 28.2 Å². The molecule has 0 spiro atoms. The number of thiophene rings is 2. The molecule has 5 nitrogen and oxygen atoms in total. The van der Waals surface area contributed by atoms with Crippen LogP contribution in [-0.4, -0.2) is 32.6 Å². The van der Waals surface area contributed by atoms with Gasteiger partial charge in [0.15, 0.2) is 6.54 Å². The summed E-state index contributed by atoms with van der Waals surface area (Å²) >= 11 is 3.23. The van der Waals surface area contributed by atoms with E-state index in [1.807, 2.05) is 18.5 Å². The molecule has 140 valence electrons. The molecule has 2 aromatic heterocycles. The molecule has 0 aliphatic heterocycles. The molecule has 0 aromatic carbocycles. The molecule has 26 heavy (non-hydrogen) atoms. The molecular weight excluding hydrogens is 368 g/mol. The van der Waals surface area contributed by atoms with Crippen LogP contribution in [0.1, 0.15) is 39.0 Å². The molecule has 0 bridgehead atoms. The molecule has 2 N–H and O–H groups in total. The predicted molar refractivity (Wildman–Crippen MR) is 105 cm³/mol. The Hall–Kier alpha value is -1.70. The van der Waals surface area contributed by atoms with Crippen molar-refractivity contribution in [1.29, 1.82) is 0 Å². The molecule has 0 saturated carbocycles. The predicted octanol–water partition coefficient (Wildman–Crippen LogP) is 2.37. The molecule has 2 aromatic rings. The van der Waals surface area contributed by atoms with Gasteiger partial charge in [0, 0.05) is 4.88 Å². The maximum atomic E-state index is 12.5. The Morgan fingerprint density at radius 2 is 2.23 bits per heavy atom. The molecule has 2 atom stereocenters. The molecule has 0 saturated heterocycles. The fourth-order valence-corrected chi connectivity index (χ4v) is 5.61. The quantitative estimate of drug-likeness (QED) is 0.741. The lowest BCUT2D eigenvalue weighted by molar-refractivity contribution is -0.884. The Balaban J connectivity index is 1.72. The minimum absolute atomic E-state index is 0.0733. The van der Waals surface area contributed by atoms with Crippen LogP contribution < -0.4 is 10.2 Å². The van der Waals surface area contributed by atoms with Crippen LogP contribution in [0.3, 0.4) is 0 Å².